The van der Waals surface area contributed by atoms with E-state index in [1.807, 2.05) is 31.2 Å². The van der Waals surface area contributed by atoms with Crippen molar-refractivity contribution < 1.29 is 18.0 Å². The molecule has 0 saturated carbocycles. The quantitative estimate of drug-likeness (QED) is 0.481. The third-order valence-corrected chi connectivity index (χ3v) is 7.48. The Morgan fingerprint density at radius 1 is 0.853 bits per heavy atom. The van der Waals surface area contributed by atoms with Crippen LogP contribution in [0.15, 0.2) is 77.7 Å². The maximum atomic E-state index is 12.9. The molecule has 0 aromatic heterocycles. The number of nitrogens with zero attached hydrogens (tertiary/aromatic N) is 1. The lowest BCUT2D eigenvalue weighted by Gasteiger charge is -2.18. The number of carbonyl (C=O) groups is 2. The summed E-state index contributed by atoms with van der Waals surface area (Å²) in [7, 11) is -3.70. The standard InChI is InChI=1S/C26H29N3O4S/c1-4-29(5-2)34(32,33)22-10-8-9-21(17-22)25(30)28-24-12-7-6-11-23(24)26(31)27-18-20-15-13-19(3)14-16-20/h6-17H,4-5,18H2,1-3H3,(H,27,31)(H,28,30). The number of benzene rings is 3. The Labute approximate surface area is 200 Å². The molecule has 3 rings (SSSR count). The molecule has 34 heavy (non-hydrogen) atoms. The van der Waals surface area contributed by atoms with Gasteiger partial charge in [-0.15, -0.1) is 0 Å². The fraction of sp³-hybridized carbons (Fsp3) is 0.231. The Morgan fingerprint density at radius 3 is 2.21 bits per heavy atom. The number of anilines is 1. The highest BCUT2D eigenvalue weighted by Gasteiger charge is 2.23. The lowest BCUT2D eigenvalue weighted by atomic mass is 10.1. The molecular weight excluding hydrogens is 450 g/mol. The summed E-state index contributed by atoms with van der Waals surface area (Å²) >= 11 is 0. The Morgan fingerprint density at radius 2 is 1.53 bits per heavy atom. The van der Waals surface area contributed by atoms with Gasteiger partial charge in [-0.3, -0.25) is 9.59 Å². The van der Waals surface area contributed by atoms with Crippen molar-refractivity contribution in [2.45, 2.75) is 32.2 Å². The van der Waals surface area contributed by atoms with E-state index >= 15 is 0 Å². The molecule has 0 fully saturated rings. The van der Waals surface area contributed by atoms with Crippen LogP contribution >= 0.6 is 0 Å². The number of aryl methyl sites for hydroxylation is 1. The molecule has 178 valence electrons. The largest absolute Gasteiger partial charge is 0.348 e. The van der Waals surface area contributed by atoms with Crippen LogP contribution in [0.4, 0.5) is 5.69 Å². The van der Waals surface area contributed by atoms with E-state index in [1.54, 1.807) is 38.1 Å². The normalized spacial score (nSPS) is 11.3. The fourth-order valence-electron chi connectivity index (χ4n) is 3.48. The number of para-hydroxylation sites is 1. The second kappa shape index (κ2) is 11.1. The van der Waals surface area contributed by atoms with Gasteiger partial charge in [-0.25, -0.2) is 8.42 Å². The zero-order valence-corrected chi connectivity index (χ0v) is 20.4. The molecule has 0 saturated heterocycles. The first-order valence-corrected chi connectivity index (χ1v) is 12.5. The first-order valence-electron chi connectivity index (χ1n) is 11.1. The van der Waals surface area contributed by atoms with Gasteiger partial charge in [0.2, 0.25) is 10.0 Å². The van der Waals surface area contributed by atoms with Crippen LogP contribution in [0.2, 0.25) is 0 Å². The SMILES string of the molecule is CCN(CC)S(=O)(=O)c1cccc(C(=O)Nc2ccccc2C(=O)NCc2ccc(C)cc2)c1. The number of carbonyl (C=O) groups excluding carboxylic acids is 2. The zero-order valence-electron chi connectivity index (χ0n) is 19.5. The Kier molecular flexibility index (Phi) is 8.20. The van der Waals surface area contributed by atoms with E-state index < -0.39 is 15.9 Å². The number of hydrogen-bond acceptors (Lipinski definition) is 4. The van der Waals surface area contributed by atoms with Crippen molar-refractivity contribution in [2.75, 3.05) is 18.4 Å². The lowest BCUT2D eigenvalue weighted by Crippen LogP contribution is -2.30. The number of amides is 2. The summed E-state index contributed by atoms with van der Waals surface area (Å²) in [5, 5.41) is 5.61. The van der Waals surface area contributed by atoms with Gasteiger partial charge in [0, 0.05) is 25.2 Å². The Bertz CT molecular complexity index is 1270. The fourth-order valence-corrected chi connectivity index (χ4v) is 4.98. The van der Waals surface area contributed by atoms with E-state index in [1.165, 1.54) is 28.6 Å². The average molecular weight is 480 g/mol. The van der Waals surface area contributed by atoms with E-state index in [0.717, 1.165) is 11.1 Å². The predicted octanol–water partition coefficient (Wildman–Crippen LogP) is 4.21. The molecule has 0 aliphatic carbocycles. The van der Waals surface area contributed by atoms with Gasteiger partial charge in [0.25, 0.3) is 11.8 Å². The first kappa shape index (κ1) is 25.1. The lowest BCUT2D eigenvalue weighted by molar-refractivity contribution is 0.0951. The van der Waals surface area contributed by atoms with Crippen molar-refractivity contribution in [3.63, 3.8) is 0 Å². The molecule has 0 spiro atoms. The first-order chi connectivity index (χ1) is 16.3. The summed E-state index contributed by atoms with van der Waals surface area (Å²) in [5.74, 6) is -0.829. The molecule has 3 aromatic carbocycles. The van der Waals surface area contributed by atoms with Gasteiger partial charge >= 0.3 is 0 Å². The van der Waals surface area contributed by atoms with Crippen LogP contribution < -0.4 is 10.6 Å². The zero-order chi connectivity index (χ0) is 24.7. The molecule has 0 atom stereocenters. The monoisotopic (exact) mass is 479 g/mol. The van der Waals surface area contributed by atoms with Crippen molar-refractivity contribution in [2.24, 2.45) is 0 Å². The number of sulfonamides is 1. The van der Waals surface area contributed by atoms with Gasteiger partial charge < -0.3 is 10.6 Å². The maximum Gasteiger partial charge on any atom is 0.255 e. The van der Waals surface area contributed by atoms with Gasteiger partial charge in [-0.05, 0) is 42.8 Å². The van der Waals surface area contributed by atoms with Gasteiger partial charge in [0.1, 0.15) is 0 Å². The van der Waals surface area contributed by atoms with Crippen LogP contribution in [-0.4, -0.2) is 37.6 Å². The number of hydrogen-bond donors (Lipinski definition) is 2. The average Bonchev–Trinajstić information content (AvgIpc) is 2.84. The van der Waals surface area contributed by atoms with Crippen molar-refractivity contribution in [3.05, 3.63) is 95.1 Å². The molecule has 0 heterocycles. The molecule has 0 aliphatic heterocycles. The number of nitrogens with one attached hydrogen (secondary N) is 2. The Balaban J connectivity index is 1.77. The van der Waals surface area contributed by atoms with Crippen LogP contribution in [-0.2, 0) is 16.6 Å². The number of rotatable bonds is 9. The summed E-state index contributed by atoms with van der Waals surface area (Å²) in [6.07, 6.45) is 0. The predicted molar refractivity (Wildman–Crippen MR) is 133 cm³/mol. The second-order valence-corrected chi connectivity index (χ2v) is 9.72. The van der Waals surface area contributed by atoms with E-state index in [-0.39, 0.29) is 16.4 Å². The van der Waals surface area contributed by atoms with E-state index in [4.69, 9.17) is 0 Å². The molecule has 7 nitrogen and oxygen atoms in total. The topological polar surface area (TPSA) is 95.6 Å². The molecule has 0 radical (unpaired) electrons. The Hall–Kier alpha value is -3.49. The molecule has 0 unspecified atom stereocenters. The maximum absolute atomic E-state index is 12.9. The summed E-state index contributed by atoms with van der Waals surface area (Å²) in [6, 6.07) is 20.4. The minimum Gasteiger partial charge on any atom is -0.348 e. The van der Waals surface area contributed by atoms with Crippen molar-refractivity contribution >= 4 is 27.5 Å². The van der Waals surface area contributed by atoms with E-state index in [0.29, 0.717) is 30.9 Å². The van der Waals surface area contributed by atoms with Gasteiger partial charge in [-0.2, -0.15) is 4.31 Å². The summed E-state index contributed by atoms with van der Waals surface area (Å²) in [6.45, 7) is 6.54. The van der Waals surface area contributed by atoms with Crippen molar-refractivity contribution in [3.8, 4) is 0 Å². The molecular formula is C26H29N3O4S. The molecule has 2 N–H and O–H groups in total. The summed E-state index contributed by atoms with van der Waals surface area (Å²) in [5.41, 5.74) is 2.94. The third kappa shape index (κ3) is 5.89. The van der Waals surface area contributed by atoms with E-state index in [2.05, 4.69) is 10.6 Å². The van der Waals surface area contributed by atoms with Gasteiger partial charge in [-0.1, -0.05) is 61.9 Å². The molecule has 8 heteroatoms. The van der Waals surface area contributed by atoms with Gasteiger partial charge in [0.05, 0.1) is 16.1 Å². The van der Waals surface area contributed by atoms with Crippen LogP contribution in [0.3, 0.4) is 0 Å². The van der Waals surface area contributed by atoms with Crippen LogP contribution in [0.1, 0.15) is 45.7 Å². The minimum absolute atomic E-state index is 0.0491. The van der Waals surface area contributed by atoms with Crippen LogP contribution in [0.5, 0.6) is 0 Å². The highest BCUT2D eigenvalue weighted by Crippen LogP contribution is 2.20. The highest BCUT2D eigenvalue weighted by atomic mass is 32.2. The van der Waals surface area contributed by atoms with Gasteiger partial charge in [0.15, 0.2) is 0 Å². The van der Waals surface area contributed by atoms with Crippen molar-refractivity contribution in [1.29, 1.82) is 0 Å². The van der Waals surface area contributed by atoms with Crippen molar-refractivity contribution in [1.82, 2.24) is 9.62 Å². The molecule has 0 aliphatic rings. The van der Waals surface area contributed by atoms with E-state index in [9.17, 15) is 18.0 Å². The van der Waals surface area contributed by atoms with Crippen LogP contribution in [0.25, 0.3) is 0 Å². The third-order valence-electron chi connectivity index (χ3n) is 5.43. The smallest absolute Gasteiger partial charge is 0.255 e. The molecule has 0 bridgehead atoms. The summed E-state index contributed by atoms with van der Waals surface area (Å²) < 4.78 is 27.0. The highest BCUT2D eigenvalue weighted by molar-refractivity contribution is 7.89. The molecule has 2 amide bonds. The molecule has 3 aromatic rings. The van der Waals surface area contributed by atoms with Crippen LogP contribution in [0, 0.1) is 6.92 Å². The summed E-state index contributed by atoms with van der Waals surface area (Å²) in [4.78, 5) is 25.8. The second-order valence-electron chi connectivity index (χ2n) is 7.79. The minimum atomic E-state index is -3.70.